The van der Waals surface area contributed by atoms with E-state index in [1.54, 1.807) is 0 Å². The van der Waals surface area contributed by atoms with E-state index in [9.17, 15) is 0 Å². The van der Waals surface area contributed by atoms with Crippen molar-refractivity contribution in [2.75, 3.05) is 11.9 Å². The summed E-state index contributed by atoms with van der Waals surface area (Å²) >= 11 is 6.27. The highest BCUT2D eigenvalue weighted by atomic mass is 35.5. The van der Waals surface area contributed by atoms with Gasteiger partial charge in [-0.05, 0) is 30.7 Å². The highest BCUT2D eigenvalue weighted by molar-refractivity contribution is 6.31. The molecule has 0 saturated carbocycles. The van der Waals surface area contributed by atoms with Gasteiger partial charge in [-0.1, -0.05) is 47.1 Å². The van der Waals surface area contributed by atoms with Crippen LogP contribution in [-0.2, 0) is 0 Å². The molecule has 0 fully saturated rings. The lowest BCUT2D eigenvalue weighted by Crippen LogP contribution is -2.25. The number of halogens is 1. The van der Waals surface area contributed by atoms with Crippen molar-refractivity contribution in [3.05, 3.63) is 64.7 Å². The van der Waals surface area contributed by atoms with Crippen LogP contribution in [0, 0.1) is 0 Å². The molecule has 5 heteroatoms. The number of hydrogen-bond donors (Lipinski definition) is 2. The van der Waals surface area contributed by atoms with Crippen molar-refractivity contribution < 1.29 is 5.21 Å². The maximum absolute atomic E-state index is 8.92. The minimum atomic E-state index is 0.0475. The highest BCUT2D eigenvalue weighted by Gasteiger charge is 2.18. The van der Waals surface area contributed by atoms with Gasteiger partial charge in [-0.2, -0.15) is 0 Å². The molecule has 1 unspecified atom stereocenters. The van der Waals surface area contributed by atoms with E-state index < -0.39 is 0 Å². The van der Waals surface area contributed by atoms with Crippen molar-refractivity contribution in [1.29, 1.82) is 0 Å². The fourth-order valence-corrected chi connectivity index (χ4v) is 2.58. The van der Waals surface area contributed by atoms with Crippen LogP contribution in [0.5, 0.6) is 0 Å². The van der Waals surface area contributed by atoms with Crippen LogP contribution in [0.25, 0.3) is 0 Å². The summed E-state index contributed by atoms with van der Waals surface area (Å²) in [5, 5.41) is 12.7. The van der Waals surface area contributed by atoms with Gasteiger partial charge in [0, 0.05) is 23.3 Å². The summed E-state index contributed by atoms with van der Waals surface area (Å²) in [5.74, 6) is 0.0869. The molecule has 0 saturated heterocycles. The molecule has 21 heavy (non-hydrogen) atoms. The Bertz CT molecular complexity index is 657. The van der Waals surface area contributed by atoms with Crippen molar-refractivity contribution in [3.8, 4) is 0 Å². The monoisotopic (exact) mass is 303 g/mol. The maximum Gasteiger partial charge on any atom is 0.172 e. The Morgan fingerprint density at radius 1 is 1.19 bits per heavy atom. The lowest BCUT2D eigenvalue weighted by molar-refractivity contribution is 0.318. The van der Waals surface area contributed by atoms with Crippen LogP contribution in [0.3, 0.4) is 0 Å². The molecule has 0 aliphatic carbocycles. The third kappa shape index (κ3) is 3.11. The van der Waals surface area contributed by atoms with Crippen molar-refractivity contribution in [1.82, 2.24) is 0 Å². The quantitative estimate of drug-likeness (QED) is 0.392. The van der Waals surface area contributed by atoms with Crippen LogP contribution in [0.2, 0.25) is 5.02 Å². The van der Waals surface area contributed by atoms with E-state index in [0.717, 1.165) is 16.3 Å². The predicted molar refractivity (Wildman–Crippen MR) is 87.2 cm³/mol. The molecule has 0 radical (unpaired) electrons. The van der Waals surface area contributed by atoms with Gasteiger partial charge in [-0.3, -0.25) is 0 Å². The van der Waals surface area contributed by atoms with E-state index in [1.807, 2.05) is 55.6 Å². The van der Waals surface area contributed by atoms with E-state index in [1.165, 1.54) is 0 Å². The molecule has 2 aromatic carbocycles. The molecule has 0 heterocycles. The van der Waals surface area contributed by atoms with Crippen molar-refractivity contribution in [2.45, 2.75) is 13.0 Å². The number of rotatable bonds is 4. The van der Waals surface area contributed by atoms with E-state index in [2.05, 4.69) is 17.0 Å². The van der Waals surface area contributed by atoms with Gasteiger partial charge >= 0.3 is 0 Å². The van der Waals surface area contributed by atoms with Crippen LogP contribution in [0.4, 0.5) is 5.69 Å². The number of nitrogens with zero attached hydrogens (tertiary/aromatic N) is 2. The van der Waals surface area contributed by atoms with Crippen LogP contribution in [0.15, 0.2) is 53.7 Å². The predicted octanol–water partition coefficient (Wildman–Crippen LogP) is 3.63. The standard InChI is InChI=1S/C16H18ClN3O/c1-11(12-7-3-5-9-14(12)17)20(2)15-10-6-4-8-13(15)16(18)19-21/h3-11,21H,1-2H3,(H2,18,19). The number of benzene rings is 2. The first-order valence-corrected chi connectivity index (χ1v) is 6.98. The van der Waals surface area contributed by atoms with Gasteiger partial charge in [0.1, 0.15) is 0 Å². The minimum absolute atomic E-state index is 0.0475. The first-order valence-electron chi connectivity index (χ1n) is 6.60. The van der Waals surface area contributed by atoms with E-state index >= 15 is 0 Å². The molecular weight excluding hydrogens is 286 g/mol. The molecular formula is C16H18ClN3O. The number of anilines is 1. The summed E-state index contributed by atoms with van der Waals surface area (Å²) in [6.45, 7) is 2.06. The minimum Gasteiger partial charge on any atom is -0.409 e. The molecule has 0 aromatic heterocycles. The Kier molecular flexibility index (Phi) is 4.70. The summed E-state index contributed by atoms with van der Waals surface area (Å²) in [6, 6.07) is 15.3. The van der Waals surface area contributed by atoms with Gasteiger partial charge in [0.15, 0.2) is 5.84 Å². The number of oxime groups is 1. The third-order valence-corrected chi connectivity index (χ3v) is 3.95. The fraction of sp³-hybridized carbons (Fsp3) is 0.188. The fourth-order valence-electron chi connectivity index (χ4n) is 2.28. The molecule has 110 valence electrons. The van der Waals surface area contributed by atoms with Crippen molar-refractivity contribution >= 4 is 23.1 Å². The zero-order valence-electron chi connectivity index (χ0n) is 12.0. The van der Waals surface area contributed by atoms with Gasteiger partial charge in [0.25, 0.3) is 0 Å². The maximum atomic E-state index is 8.92. The molecule has 0 bridgehead atoms. The molecule has 0 aliphatic rings. The van der Waals surface area contributed by atoms with Crippen LogP contribution >= 0.6 is 11.6 Å². The molecule has 2 aromatic rings. The Balaban J connectivity index is 2.41. The molecule has 0 aliphatic heterocycles. The summed E-state index contributed by atoms with van der Waals surface area (Å²) < 4.78 is 0. The molecule has 1 atom stereocenters. The highest BCUT2D eigenvalue weighted by Crippen LogP contribution is 2.31. The Morgan fingerprint density at radius 2 is 1.81 bits per heavy atom. The van der Waals surface area contributed by atoms with Gasteiger partial charge in [-0.25, -0.2) is 0 Å². The summed E-state index contributed by atoms with van der Waals surface area (Å²) in [6.07, 6.45) is 0. The van der Waals surface area contributed by atoms with E-state index in [4.69, 9.17) is 22.5 Å². The van der Waals surface area contributed by atoms with Crippen LogP contribution in [0.1, 0.15) is 24.1 Å². The van der Waals surface area contributed by atoms with Crippen LogP contribution in [-0.4, -0.2) is 18.1 Å². The summed E-state index contributed by atoms with van der Waals surface area (Å²) in [5.41, 5.74) is 8.33. The second kappa shape index (κ2) is 6.50. The van der Waals surface area contributed by atoms with E-state index in [0.29, 0.717) is 5.56 Å². The Labute approximate surface area is 129 Å². The average Bonchev–Trinajstić information content (AvgIpc) is 2.53. The lowest BCUT2D eigenvalue weighted by atomic mass is 10.0. The molecule has 4 nitrogen and oxygen atoms in total. The second-order valence-corrected chi connectivity index (χ2v) is 5.22. The number of hydrogen-bond acceptors (Lipinski definition) is 3. The molecule has 0 spiro atoms. The zero-order valence-corrected chi connectivity index (χ0v) is 12.7. The van der Waals surface area contributed by atoms with Gasteiger partial charge < -0.3 is 15.8 Å². The summed E-state index contributed by atoms with van der Waals surface area (Å²) in [7, 11) is 1.96. The summed E-state index contributed by atoms with van der Waals surface area (Å²) in [4.78, 5) is 2.05. The van der Waals surface area contributed by atoms with Crippen LogP contribution < -0.4 is 10.6 Å². The van der Waals surface area contributed by atoms with Gasteiger partial charge in [0.05, 0.1) is 6.04 Å². The van der Waals surface area contributed by atoms with Gasteiger partial charge in [0.2, 0.25) is 0 Å². The first kappa shape index (κ1) is 15.2. The Morgan fingerprint density at radius 3 is 2.48 bits per heavy atom. The third-order valence-electron chi connectivity index (χ3n) is 3.60. The lowest BCUT2D eigenvalue weighted by Gasteiger charge is -2.29. The molecule has 2 rings (SSSR count). The normalized spacial score (nSPS) is 13.0. The Hall–Kier alpha value is -2.20. The number of para-hydroxylation sites is 1. The number of amidine groups is 1. The topological polar surface area (TPSA) is 61.8 Å². The molecule has 0 amide bonds. The second-order valence-electron chi connectivity index (χ2n) is 4.81. The average molecular weight is 304 g/mol. The largest absolute Gasteiger partial charge is 0.409 e. The van der Waals surface area contributed by atoms with E-state index in [-0.39, 0.29) is 11.9 Å². The smallest absolute Gasteiger partial charge is 0.172 e. The number of nitrogens with two attached hydrogens (primary N) is 1. The SMILES string of the molecule is CC(c1ccccc1Cl)N(C)c1ccccc1C(N)=NO. The first-order chi connectivity index (χ1) is 10.1. The van der Waals surface area contributed by atoms with Crippen molar-refractivity contribution in [3.63, 3.8) is 0 Å². The van der Waals surface area contributed by atoms with Crippen molar-refractivity contribution in [2.24, 2.45) is 10.9 Å². The molecule has 3 N–H and O–H groups in total. The van der Waals surface area contributed by atoms with Gasteiger partial charge in [-0.15, -0.1) is 0 Å². The zero-order chi connectivity index (χ0) is 15.4.